The highest BCUT2D eigenvalue weighted by Crippen LogP contribution is 2.47. The Kier molecular flexibility index (Phi) is 8.21. The summed E-state index contributed by atoms with van der Waals surface area (Å²) in [5, 5.41) is 3.38. The number of nitrogens with one attached hydrogen (secondary N) is 1. The summed E-state index contributed by atoms with van der Waals surface area (Å²) in [4.78, 5) is 31.3. The zero-order chi connectivity index (χ0) is 30.0. The molecule has 0 unspecified atom stereocenters. The molecule has 1 N–H and O–H groups in total. The summed E-state index contributed by atoms with van der Waals surface area (Å²) >= 11 is 0. The molecule has 6 rings (SSSR count). The first-order valence-electron chi connectivity index (χ1n) is 15.7. The summed E-state index contributed by atoms with van der Waals surface area (Å²) in [6, 6.07) is 33.0. The monoisotopic (exact) mass is 570 g/mol. The van der Waals surface area contributed by atoms with Crippen LogP contribution < -0.4 is 5.32 Å². The number of amides is 2. The first kappa shape index (κ1) is 28.9. The second-order valence-electron chi connectivity index (χ2n) is 12.8. The van der Waals surface area contributed by atoms with Crippen LogP contribution >= 0.6 is 0 Å². The molecule has 3 atom stereocenters. The highest BCUT2D eigenvalue weighted by Gasteiger charge is 2.52. The molecule has 0 aromatic heterocycles. The van der Waals surface area contributed by atoms with E-state index in [-0.39, 0.29) is 18.2 Å². The number of aryl methyl sites for hydroxylation is 3. The van der Waals surface area contributed by atoms with E-state index >= 15 is 0 Å². The maximum absolute atomic E-state index is 14.9. The van der Waals surface area contributed by atoms with E-state index in [1.54, 1.807) is 0 Å². The molecule has 1 saturated carbocycles. The van der Waals surface area contributed by atoms with Crippen molar-refractivity contribution in [1.82, 2.24) is 4.90 Å². The molecule has 2 aliphatic carbocycles. The fourth-order valence-corrected chi connectivity index (χ4v) is 7.68. The molecular formula is C39H42N2O2. The van der Waals surface area contributed by atoms with E-state index in [0.717, 1.165) is 47.2 Å². The minimum Gasteiger partial charge on any atom is -0.324 e. The Morgan fingerprint density at radius 2 is 1.33 bits per heavy atom. The van der Waals surface area contributed by atoms with Crippen LogP contribution in [-0.4, -0.2) is 22.3 Å². The average molecular weight is 571 g/mol. The first-order valence-corrected chi connectivity index (χ1v) is 15.7. The molecule has 0 saturated heterocycles. The molecule has 0 aliphatic heterocycles. The van der Waals surface area contributed by atoms with Gasteiger partial charge < -0.3 is 10.2 Å². The lowest BCUT2D eigenvalue weighted by molar-refractivity contribution is -0.150. The fraction of sp³-hybridized carbons (Fsp3) is 0.333. The Labute approximate surface area is 256 Å². The molecule has 2 amide bonds. The van der Waals surface area contributed by atoms with E-state index in [4.69, 9.17) is 0 Å². The van der Waals surface area contributed by atoms with Crippen molar-refractivity contribution in [1.29, 1.82) is 0 Å². The molecule has 4 aromatic rings. The molecule has 4 aromatic carbocycles. The minimum absolute atomic E-state index is 0.00258. The Bertz CT molecular complexity index is 1590. The summed E-state index contributed by atoms with van der Waals surface area (Å²) in [6.07, 6.45) is 4.49. The number of benzene rings is 4. The van der Waals surface area contributed by atoms with E-state index in [2.05, 4.69) is 74.6 Å². The zero-order valence-corrected chi connectivity index (χ0v) is 25.6. The van der Waals surface area contributed by atoms with Gasteiger partial charge in [-0.3, -0.25) is 9.59 Å². The smallest absolute Gasteiger partial charge is 0.250 e. The lowest BCUT2D eigenvalue weighted by Gasteiger charge is -2.51. The standard InChI is InChI=1S/C39H42N2O2/c1-27-20-28(2)37(29(3)21-27)40-38(43)39(19-18-34-23-32-16-10-11-17-33(32)24-35(34)25-39)41(26-31-14-8-5-9-15-31)36(42)22-30-12-6-4-7-13-30/h4-17,20-21,34-35H,18-19,22-26H2,1-3H3,(H,40,43)/t34-,35+,39+/m1/s1. The molecule has 43 heavy (non-hydrogen) atoms. The third kappa shape index (κ3) is 6.01. The number of carbonyl (C=O) groups excluding carboxylic acids is 2. The van der Waals surface area contributed by atoms with E-state index in [9.17, 15) is 9.59 Å². The lowest BCUT2D eigenvalue weighted by atomic mass is 9.62. The molecule has 4 heteroatoms. The Morgan fingerprint density at radius 3 is 1.95 bits per heavy atom. The van der Waals surface area contributed by atoms with Crippen molar-refractivity contribution in [3.8, 4) is 0 Å². The second kappa shape index (κ2) is 12.2. The van der Waals surface area contributed by atoms with Crippen molar-refractivity contribution < 1.29 is 9.59 Å². The Morgan fingerprint density at radius 1 is 0.767 bits per heavy atom. The van der Waals surface area contributed by atoms with Gasteiger partial charge in [-0.2, -0.15) is 0 Å². The first-order chi connectivity index (χ1) is 20.8. The van der Waals surface area contributed by atoms with Crippen molar-refractivity contribution in [3.63, 3.8) is 0 Å². The highest BCUT2D eigenvalue weighted by molar-refractivity contribution is 6.02. The van der Waals surface area contributed by atoms with Gasteiger partial charge in [-0.05, 0) is 98.1 Å². The molecule has 4 nitrogen and oxygen atoms in total. The van der Waals surface area contributed by atoms with Gasteiger partial charge in [0.05, 0.1) is 6.42 Å². The Balaban J connectivity index is 1.42. The van der Waals surface area contributed by atoms with Gasteiger partial charge in [-0.1, -0.05) is 103 Å². The largest absolute Gasteiger partial charge is 0.324 e. The number of anilines is 1. The van der Waals surface area contributed by atoms with Crippen molar-refractivity contribution in [2.45, 2.75) is 71.4 Å². The summed E-state index contributed by atoms with van der Waals surface area (Å²) in [5.41, 5.74) is 8.00. The van der Waals surface area contributed by atoms with Gasteiger partial charge >= 0.3 is 0 Å². The molecule has 1 fully saturated rings. The normalized spacial score (nSPS) is 20.9. The molecule has 220 valence electrons. The van der Waals surface area contributed by atoms with Crippen molar-refractivity contribution >= 4 is 17.5 Å². The van der Waals surface area contributed by atoms with E-state index in [1.165, 1.54) is 16.7 Å². The topological polar surface area (TPSA) is 49.4 Å². The van der Waals surface area contributed by atoms with Gasteiger partial charge in [-0.15, -0.1) is 0 Å². The molecule has 0 bridgehead atoms. The van der Waals surface area contributed by atoms with Gasteiger partial charge in [0.1, 0.15) is 5.54 Å². The van der Waals surface area contributed by atoms with E-state index in [0.29, 0.717) is 31.2 Å². The number of hydrogen-bond donors (Lipinski definition) is 1. The molecule has 0 spiro atoms. The molecule has 0 heterocycles. The SMILES string of the molecule is Cc1cc(C)c(NC(=O)[C@]2(N(Cc3ccccc3)C(=O)Cc3ccccc3)CC[C@@H]3Cc4ccccc4C[C@H]3C2)c(C)c1. The van der Waals surface area contributed by atoms with Crippen LogP contribution in [0.5, 0.6) is 0 Å². The van der Waals surface area contributed by atoms with Crippen molar-refractivity contribution in [3.05, 3.63) is 136 Å². The quantitative estimate of drug-likeness (QED) is 0.247. The number of rotatable bonds is 7. The van der Waals surface area contributed by atoms with Crippen LogP contribution in [0.25, 0.3) is 0 Å². The van der Waals surface area contributed by atoms with Gasteiger partial charge in [-0.25, -0.2) is 0 Å². The van der Waals surface area contributed by atoms with Crippen LogP contribution in [0.1, 0.15) is 58.2 Å². The Hall–Kier alpha value is -4.18. The van der Waals surface area contributed by atoms with Crippen LogP contribution in [0.2, 0.25) is 0 Å². The predicted octanol–water partition coefficient (Wildman–Crippen LogP) is 7.78. The van der Waals surface area contributed by atoms with Crippen LogP contribution in [0.15, 0.2) is 97.1 Å². The third-order valence-corrected chi connectivity index (χ3v) is 9.82. The average Bonchev–Trinajstić information content (AvgIpc) is 3.01. The van der Waals surface area contributed by atoms with Crippen molar-refractivity contribution in [2.24, 2.45) is 11.8 Å². The van der Waals surface area contributed by atoms with Crippen LogP contribution in [0.3, 0.4) is 0 Å². The summed E-state index contributed by atoms with van der Waals surface area (Å²) in [6.45, 7) is 6.60. The summed E-state index contributed by atoms with van der Waals surface area (Å²) in [5.74, 6) is 0.785. The molecule has 2 aliphatic rings. The van der Waals surface area contributed by atoms with E-state index in [1.807, 2.05) is 53.4 Å². The molecular weight excluding hydrogens is 528 g/mol. The maximum atomic E-state index is 14.9. The summed E-state index contributed by atoms with van der Waals surface area (Å²) in [7, 11) is 0. The van der Waals surface area contributed by atoms with E-state index < -0.39 is 5.54 Å². The number of hydrogen-bond acceptors (Lipinski definition) is 2. The van der Waals surface area contributed by atoms with Crippen LogP contribution in [-0.2, 0) is 35.4 Å². The fourth-order valence-electron chi connectivity index (χ4n) is 7.68. The van der Waals surface area contributed by atoms with Crippen molar-refractivity contribution in [2.75, 3.05) is 5.32 Å². The maximum Gasteiger partial charge on any atom is 0.250 e. The van der Waals surface area contributed by atoms with Gasteiger partial charge in [0.2, 0.25) is 11.8 Å². The predicted molar refractivity (Wildman–Crippen MR) is 174 cm³/mol. The van der Waals surface area contributed by atoms with Crippen LogP contribution in [0.4, 0.5) is 5.69 Å². The lowest BCUT2D eigenvalue weighted by Crippen LogP contribution is -2.62. The zero-order valence-electron chi connectivity index (χ0n) is 25.6. The second-order valence-corrected chi connectivity index (χ2v) is 12.8. The van der Waals surface area contributed by atoms with Gasteiger partial charge in [0, 0.05) is 12.2 Å². The summed E-state index contributed by atoms with van der Waals surface area (Å²) < 4.78 is 0. The highest BCUT2D eigenvalue weighted by atomic mass is 16.2. The van der Waals surface area contributed by atoms with Crippen LogP contribution in [0, 0.1) is 32.6 Å². The number of fused-ring (bicyclic) bond motifs is 2. The third-order valence-electron chi connectivity index (χ3n) is 9.82. The minimum atomic E-state index is -0.959. The van der Waals surface area contributed by atoms with Gasteiger partial charge in [0.15, 0.2) is 0 Å². The van der Waals surface area contributed by atoms with Gasteiger partial charge in [0.25, 0.3) is 0 Å². The molecule has 0 radical (unpaired) electrons. The number of carbonyl (C=O) groups is 2. The number of nitrogens with zero attached hydrogens (tertiary/aromatic N) is 1.